The topological polar surface area (TPSA) is 269 Å². The second-order valence-electron chi connectivity index (χ2n) is 20.1. The van der Waals surface area contributed by atoms with E-state index in [-0.39, 0.29) is 30.7 Å². The SMILES string of the molecule is COC(c1cccc(Cn2cc(-c3cc(-c4cc(C#N)cc(-c5ccc(COC(=O)Nc6nc(-c7cccc(C#N)c7)cc(-c7cn(Cc8cccc(C(OC)C9CCCC9)n8)nn7)n6)cc5)c4)nc(N)n3)nn2)n1)C1CCCC1. The number of nitriles is 2. The van der Waals surface area contributed by atoms with Gasteiger partial charge in [0.2, 0.25) is 11.9 Å². The Kier molecular flexibility index (Phi) is 15.7. The van der Waals surface area contributed by atoms with E-state index >= 15 is 0 Å². The number of amides is 1. The Balaban J connectivity index is 0.762. The minimum Gasteiger partial charge on any atom is -0.444 e. The van der Waals surface area contributed by atoms with Crippen molar-refractivity contribution in [3.05, 3.63) is 167 Å². The van der Waals surface area contributed by atoms with Crippen LogP contribution in [0.4, 0.5) is 16.7 Å². The Morgan fingerprint density at radius 1 is 0.588 bits per heavy atom. The van der Waals surface area contributed by atoms with Crippen molar-refractivity contribution >= 4 is 18.0 Å². The van der Waals surface area contributed by atoms with E-state index in [2.05, 4.69) is 58.0 Å². The molecule has 400 valence electrons. The number of nitrogens with two attached hydrogens (primary N) is 1. The van der Waals surface area contributed by atoms with Crippen LogP contribution < -0.4 is 11.1 Å². The fraction of sp³-hybridized carbons (Fsp3) is 0.283. The summed E-state index contributed by atoms with van der Waals surface area (Å²) in [7, 11) is 3.49. The zero-order valence-electron chi connectivity index (χ0n) is 44.2. The molecule has 20 nitrogen and oxygen atoms in total. The van der Waals surface area contributed by atoms with Crippen LogP contribution in [0.25, 0.3) is 56.4 Å². The number of methoxy groups -OCH3 is 2. The van der Waals surface area contributed by atoms with E-state index in [4.69, 9.17) is 29.9 Å². The highest BCUT2D eigenvalue weighted by atomic mass is 16.5. The molecule has 9 aromatic rings. The van der Waals surface area contributed by atoms with E-state index in [1.165, 1.54) is 25.7 Å². The summed E-state index contributed by atoms with van der Waals surface area (Å²) in [4.78, 5) is 41.6. The normalized spacial score (nSPS) is 14.3. The van der Waals surface area contributed by atoms with Gasteiger partial charge in [-0.2, -0.15) is 10.5 Å². The molecule has 0 bridgehead atoms. The number of hydrogen-bond donors (Lipinski definition) is 2. The highest BCUT2D eigenvalue weighted by molar-refractivity contribution is 5.83. The molecule has 3 aromatic carbocycles. The fourth-order valence-electron chi connectivity index (χ4n) is 10.8. The lowest BCUT2D eigenvalue weighted by atomic mass is 9.97. The quantitative estimate of drug-likeness (QED) is 0.0808. The van der Waals surface area contributed by atoms with Crippen LogP contribution in [-0.4, -0.2) is 80.2 Å². The van der Waals surface area contributed by atoms with E-state index in [9.17, 15) is 15.3 Å². The van der Waals surface area contributed by atoms with E-state index in [0.29, 0.717) is 86.9 Å². The van der Waals surface area contributed by atoms with E-state index < -0.39 is 6.09 Å². The number of rotatable bonds is 18. The largest absolute Gasteiger partial charge is 0.444 e. The Morgan fingerprint density at radius 2 is 1.11 bits per heavy atom. The van der Waals surface area contributed by atoms with Crippen LogP contribution in [0.15, 0.2) is 128 Å². The van der Waals surface area contributed by atoms with Crippen molar-refractivity contribution in [3.8, 4) is 68.6 Å². The number of nitrogen functional groups attached to an aromatic ring is 1. The Bertz CT molecular complexity index is 3760. The summed E-state index contributed by atoms with van der Waals surface area (Å²) in [6.45, 7) is 0.674. The van der Waals surface area contributed by atoms with Gasteiger partial charge in [0, 0.05) is 25.3 Å². The smallest absolute Gasteiger partial charge is 0.414 e. The number of hydrogen-bond acceptors (Lipinski definition) is 17. The molecule has 2 aliphatic rings. The van der Waals surface area contributed by atoms with Gasteiger partial charge in [0.15, 0.2) is 0 Å². The molecule has 1 amide bonds. The Morgan fingerprint density at radius 3 is 1.70 bits per heavy atom. The molecule has 6 heterocycles. The zero-order valence-corrected chi connectivity index (χ0v) is 44.2. The third kappa shape index (κ3) is 12.2. The van der Waals surface area contributed by atoms with Crippen molar-refractivity contribution < 1.29 is 19.0 Å². The molecule has 0 radical (unpaired) electrons. The van der Waals surface area contributed by atoms with Gasteiger partial charge in [-0.1, -0.05) is 84.6 Å². The molecule has 80 heavy (non-hydrogen) atoms. The molecule has 0 spiro atoms. The van der Waals surface area contributed by atoms with Gasteiger partial charge >= 0.3 is 6.09 Å². The number of nitrogens with one attached hydrogen (secondary N) is 1. The van der Waals surface area contributed by atoms with Gasteiger partial charge in [-0.25, -0.2) is 34.1 Å². The molecule has 0 saturated heterocycles. The van der Waals surface area contributed by atoms with Crippen LogP contribution in [0.3, 0.4) is 0 Å². The third-order valence-corrected chi connectivity index (χ3v) is 14.6. The van der Waals surface area contributed by atoms with Crippen molar-refractivity contribution in [2.45, 2.75) is 83.3 Å². The Hall–Kier alpha value is -9.63. The first kappa shape index (κ1) is 52.4. The van der Waals surface area contributed by atoms with Gasteiger partial charge in [0.25, 0.3) is 0 Å². The molecule has 6 aromatic heterocycles. The van der Waals surface area contributed by atoms with Gasteiger partial charge in [-0.05, 0) is 121 Å². The summed E-state index contributed by atoms with van der Waals surface area (Å²) in [5.74, 6) is 0.899. The average Bonchev–Trinajstić information content (AvgIpc) is 4.37. The number of ether oxygens (including phenoxy) is 3. The average molecular weight is 1070 g/mol. The van der Waals surface area contributed by atoms with Crippen LogP contribution in [0.1, 0.15) is 103 Å². The van der Waals surface area contributed by atoms with Crippen molar-refractivity contribution in [1.82, 2.24) is 59.9 Å². The first-order chi connectivity index (χ1) is 39.2. The van der Waals surface area contributed by atoms with Crippen molar-refractivity contribution in [2.24, 2.45) is 11.8 Å². The summed E-state index contributed by atoms with van der Waals surface area (Å²) in [6.07, 6.45) is 12.0. The summed E-state index contributed by atoms with van der Waals surface area (Å²) in [5.41, 5.74) is 16.8. The summed E-state index contributed by atoms with van der Waals surface area (Å²) < 4.78 is 20.9. The minimum atomic E-state index is -0.792. The molecule has 11 rings (SSSR count). The molecule has 2 atom stereocenters. The molecule has 3 N–H and O–H groups in total. The Labute approximate surface area is 461 Å². The van der Waals surface area contributed by atoms with Gasteiger partial charge in [0.1, 0.15) is 30.2 Å². The van der Waals surface area contributed by atoms with Gasteiger partial charge in [0.05, 0.1) is 94.3 Å². The van der Waals surface area contributed by atoms with Crippen LogP contribution in [0.2, 0.25) is 0 Å². The van der Waals surface area contributed by atoms with E-state index in [1.54, 1.807) is 78.4 Å². The fourth-order valence-corrected chi connectivity index (χ4v) is 10.8. The third-order valence-electron chi connectivity index (χ3n) is 14.6. The van der Waals surface area contributed by atoms with Gasteiger partial charge < -0.3 is 19.9 Å². The van der Waals surface area contributed by atoms with Crippen LogP contribution in [0, 0.1) is 34.5 Å². The summed E-state index contributed by atoms with van der Waals surface area (Å²) in [5, 5.41) is 40.1. The van der Waals surface area contributed by atoms with Crippen molar-refractivity contribution in [3.63, 3.8) is 0 Å². The lowest BCUT2D eigenvalue weighted by molar-refractivity contribution is 0.0500. The monoisotopic (exact) mass is 1060 g/mol. The number of anilines is 2. The lowest BCUT2D eigenvalue weighted by Gasteiger charge is -2.21. The highest BCUT2D eigenvalue weighted by Gasteiger charge is 2.29. The van der Waals surface area contributed by atoms with Crippen molar-refractivity contribution in [1.29, 1.82) is 10.5 Å². The molecule has 2 unspecified atom stereocenters. The van der Waals surface area contributed by atoms with E-state index in [1.807, 2.05) is 72.8 Å². The number of benzene rings is 3. The second-order valence-corrected chi connectivity index (χ2v) is 20.1. The van der Waals surface area contributed by atoms with Crippen LogP contribution in [-0.2, 0) is 33.9 Å². The molecular formula is C60H56N16O4. The van der Waals surface area contributed by atoms with Gasteiger partial charge in [-0.3, -0.25) is 15.3 Å². The zero-order chi connectivity index (χ0) is 55.0. The maximum absolute atomic E-state index is 13.4. The van der Waals surface area contributed by atoms with Gasteiger partial charge in [-0.15, -0.1) is 10.2 Å². The number of nitrogens with zero attached hydrogens (tertiary/aromatic N) is 14. The molecule has 20 heteroatoms. The molecule has 2 saturated carbocycles. The highest BCUT2D eigenvalue weighted by Crippen LogP contribution is 2.39. The van der Waals surface area contributed by atoms with Crippen molar-refractivity contribution in [2.75, 3.05) is 25.3 Å². The van der Waals surface area contributed by atoms with Crippen LogP contribution >= 0.6 is 0 Å². The number of carbonyl (C=O) groups excluding carboxylic acids is 1. The predicted octanol–water partition coefficient (Wildman–Crippen LogP) is 10.5. The molecule has 0 aliphatic heterocycles. The first-order valence-corrected chi connectivity index (χ1v) is 26.6. The maximum Gasteiger partial charge on any atom is 0.414 e. The number of aromatic nitrogens is 12. The molecule has 2 aliphatic carbocycles. The standard InChI is InChI=1S/C60H56N16O4/c1-78-56(41-11-3-4-12-41)48-18-8-16-46(64-48)32-75-34-54(71-73-75)52-29-51(66-58(63)67-52)45-26-39(31-62)25-44(27-45)40-22-20-37(21-23-40)36-80-60(77)70-59-68-50(43-15-7-10-38(24-43)30-61)28-53(69-59)55-35-76(74-72-55)33-47-17-9-19-49(65-47)57(79-2)42-13-5-6-14-42/h7-10,15-29,34-35,41-42,56-57H,3-6,11-14,32-33,36H2,1-2H3,(H2,63,66,67)(H,68,69,70,77). The maximum atomic E-state index is 13.4. The second kappa shape index (κ2) is 23.9. The molecular weight excluding hydrogens is 1010 g/mol. The summed E-state index contributed by atoms with van der Waals surface area (Å²) in [6, 6.07) is 39.7. The predicted molar refractivity (Wildman–Crippen MR) is 296 cm³/mol. The number of pyridine rings is 2. The molecule has 2 fully saturated rings. The minimum absolute atomic E-state index is 0.0343. The number of carbonyl (C=O) groups is 1. The lowest BCUT2D eigenvalue weighted by Crippen LogP contribution is -2.16. The first-order valence-electron chi connectivity index (χ1n) is 26.6. The summed E-state index contributed by atoms with van der Waals surface area (Å²) >= 11 is 0. The van der Waals surface area contributed by atoms with E-state index in [0.717, 1.165) is 59.6 Å². The van der Waals surface area contributed by atoms with Crippen LogP contribution in [0.5, 0.6) is 0 Å².